The highest BCUT2D eigenvalue weighted by atomic mass is 16.5. The van der Waals surface area contributed by atoms with E-state index in [1.54, 1.807) is 7.11 Å². The highest BCUT2D eigenvalue weighted by molar-refractivity contribution is 5.47. The van der Waals surface area contributed by atoms with E-state index in [1.807, 2.05) is 24.5 Å². The predicted octanol–water partition coefficient (Wildman–Crippen LogP) is 3.06. The van der Waals surface area contributed by atoms with Gasteiger partial charge in [0.1, 0.15) is 5.75 Å². The summed E-state index contributed by atoms with van der Waals surface area (Å²) in [6.45, 7) is 5.46. The standard InChI is InChI=1S/C17H20N2O/c1-17(2)11-19-16(12-5-4-8-18-10-12)14-7-6-13(20-3)9-15(14)17/h4-10,16,19H,11H2,1-3H3. The van der Waals surface area contributed by atoms with Crippen molar-refractivity contribution in [3.05, 3.63) is 59.4 Å². The van der Waals surface area contributed by atoms with Gasteiger partial charge in [0.15, 0.2) is 0 Å². The molecule has 104 valence electrons. The van der Waals surface area contributed by atoms with Crippen LogP contribution in [0.25, 0.3) is 0 Å². The molecule has 0 saturated heterocycles. The van der Waals surface area contributed by atoms with E-state index in [0.717, 1.165) is 12.3 Å². The molecular weight excluding hydrogens is 248 g/mol. The number of nitrogens with one attached hydrogen (secondary N) is 1. The first kappa shape index (κ1) is 13.1. The number of ether oxygens (including phenoxy) is 1. The van der Waals surface area contributed by atoms with Crippen LogP contribution in [0.1, 0.15) is 36.6 Å². The van der Waals surface area contributed by atoms with Crippen LogP contribution in [-0.4, -0.2) is 18.6 Å². The van der Waals surface area contributed by atoms with Crippen LogP contribution >= 0.6 is 0 Å². The minimum atomic E-state index is 0.0998. The molecule has 2 heterocycles. The van der Waals surface area contributed by atoms with Crippen LogP contribution in [0.2, 0.25) is 0 Å². The van der Waals surface area contributed by atoms with Crippen LogP contribution in [-0.2, 0) is 5.41 Å². The molecule has 0 spiro atoms. The van der Waals surface area contributed by atoms with Crippen molar-refractivity contribution in [2.45, 2.75) is 25.3 Å². The summed E-state index contributed by atoms with van der Waals surface area (Å²) in [6, 6.07) is 10.7. The van der Waals surface area contributed by atoms with Crippen LogP contribution in [0, 0.1) is 0 Å². The maximum Gasteiger partial charge on any atom is 0.119 e. The van der Waals surface area contributed by atoms with Crippen LogP contribution in [0.15, 0.2) is 42.7 Å². The van der Waals surface area contributed by atoms with Gasteiger partial charge in [0, 0.05) is 24.4 Å². The monoisotopic (exact) mass is 268 g/mol. The number of methoxy groups -OCH3 is 1. The third-order valence-corrected chi connectivity index (χ3v) is 4.07. The van der Waals surface area contributed by atoms with Crippen molar-refractivity contribution >= 4 is 0 Å². The SMILES string of the molecule is COc1ccc2c(c1)C(C)(C)CNC2c1cccnc1. The van der Waals surface area contributed by atoms with Crippen molar-refractivity contribution in [1.29, 1.82) is 0 Å². The van der Waals surface area contributed by atoms with E-state index in [2.05, 4.69) is 42.3 Å². The highest BCUT2D eigenvalue weighted by Gasteiger charge is 2.33. The van der Waals surface area contributed by atoms with Crippen molar-refractivity contribution in [1.82, 2.24) is 10.3 Å². The summed E-state index contributed by atoms with van der Waals surface area (Å²) in [5.74, 6) is 0.920. The van der Waals surface area contributed by atoms with Gasteiger partial charge in [0.2, 0.25) is 0 Å². The molecule has 0 aliphatic carbocycles. The zero-order chi connectivity index (χ0) is 14.2. The Bertz CT molecular complexity index is 608. The molecule has 0 fully saturated rings. The molecule has 0 amide bonds. The average Bonchev–Trinajstić information content (AvgIpc) is 2.48. The number of rotatable bonds is 2. The Morgan fingerprint density at radius 1 is 1.30 bits per heavy atom. The Morgan fingerprint density at radius 2 is 2.15 bits per heavy atom. The number of fused-ring (bicyclic) bond motifs is 1. The second kappa shape index (κ2) is 4.91. The Morgan fingerprint density at radius 3 is 2.85 bits per heavy atom. The Labute approximate surface area is 120 Å². The van der Waals surface area contributed by atoms with Gasteiger partial charge in [-0.15, -0.1) is 0 Å². The van der Waals surface area contributed by atoms with E-state index in [1.165, 1.54) is 16.7 Å². The van der Waals surface area contributed by atoms with E-state index in [9.17, 15) is 0 Å². The van der Waals surface area contributed by atoms with Crippen LogP contribution in [0.5, 0.6) is 5.75 Å². The molecule has 1 aliphatic heterocycles. The number of benzene rings is 1. The van der Waals surface area contributed by atoms with Crippen molar-refractivity contribution in [3.8, 4) is 5.75 Å². The molecule has 0 radical (unpaired) electrons. The molecule has 0 bridgehead atoms. The summed E-state index contributed by atoms with van der Waals surface area (Å²) in [5.41, 5.74) is 3.97. The largest absolute Gasteiger partial charge is 0.497 e. The predicted molar refractivity (Wildman–Crippen MR) is 80.1 cm³/mol. The molecule has 3 heteroatoms. The Hall–Kier alpha value is -1.87. The maximum absolute atomic E-state index is 5.38. The summed E-state index contributed by atoms with van der Waals surface area (Å²) in [7, 11) is 1.72. The molecule has 2 aromatic rings. The van der Waals surface area contributed by atoms with E-state index in [4.69, 9.17) is 4.74 Å². The van der Waals surface area contributed by atoms with Crippen LogP contribution in [0.4, 0.5) is 0 Å². The van der Waals surface area contributed by atoms with Crippen molar-refractivity contribution in [2.75, 3.05) is 13.7 Å². The fourth-order valence-corrected chi connectivity index (χ4v) is 2.91. The zero-order valence-electron chi connectivity index (χ0n) is 12.2. The first-order valence-corrected chi connectivity index (χ1v) is 6.93. The normalized spacial score (nSPS) is 20.2. The molecular formula is C17H20N2O. The van der Waals surface area contributed by atoms with Gasteiger partial charge in [-0.25, -0.2) is 0 Å². The van der Waals surface area contributed by atoms with Gasteiger partial charge in [-0.05, 0) is 34.9 Å². The number of nitrogens with zero attached hydrogens (tertiary/aromatic N) is 1. The molecule has 1 N–H and O–H groups in total. The topological polar surface area (TPSA) is 34.1 Å². The van der Waals surface area contributed by atoms with E-state index < -0.39 is 0 Å². The van der Waals surface area contributed by atoms with E-state index in [0.29, 0.717) is 0 Å². The van der Waals surface area contributed by atoms with Gasteiger partial charge in [-0.2, -0.15) is 0 Å². The lowest BCUT2D eigenvalue weighted by Gasteiger charge is -2.38. The lowest BCUT2D eigenvalue weighted by Crippen LogP contribution is -2.42. The van der Waals surface area contributed by atoms with Gasteiger partial charge in [0.25, 0.3) is 0 Å². The number of hydrogen-bond acceptors (Lipinski definition) is 3. The second-order valence-corrected chi connectivity index (χ2v) is 5.94. The van der Waals surface area contributed by atoms with Gasteiger partial charge in [0.05, 0.1) is 13.2 Å². The minimum absolute atomic E-state index is 0.0998. The van der Waals surface area contributed by atoms with Crippen molar-refractivity contribution in [3.63, 3.8) is 0 Å². The number of hydrogen-bond donors (Lipinski definition) is 1. The molecule has 1 atom stereocenters. The highest BCUT2D eigenvalue weighted by Crippen LogP contribution is 2.38. The molecule has 20 heavy (non-hydrogen) atoms. The summed E-state index contributed by atoms with van der Waals surface area (Å²) in [5, 5.41) is 3.64. The summed E-state index contributed by atoms with van der Waals surface area (Å²) in [4.78, 5) is 4.24. The maximum atomic E-state index is 5.38. The smallest absolute Gasteiger partial charge is 0.119 e. The van der Waals surface area contributed by atoms with E-state index in [-0.39, 0.29) is 11.5 Å². The first-order valence-electron chi connectivity index (χ1n) is 6.93. The molecule has 0 saturated carbocycles. The lowest BCUT2D eigenvalue weighted by molar-refractivity contribution is 0.391. The van der Waals surface area contributed by atoms with E-state index >= 15 is 0 Å². The third kappa shape index (κ3) is 2.18. The van der Waals surface area contributed by atoms with Crippen LogP contribution in [0.3, 0.4) is 0 Å². The fraction of sp³-hybridized carbons (Fsp3) is 0.353. The van der Waals surface area contributed by atoms with Gasteiger partial charge < -0.3 is 10.1 Å². The molecule has 1 aromatic carbocycles. The van der Waals surface area contributed by atoms with Crippen molar-refractivity contribution < 1.29 is 4.74 Å². The van der Waals surface area contributed by atoms with Gasteiger partial charge in [-0.1, -0.05) is 26.0 Å². The minimum Gasteiger partial charge on any atom is -0.497 e. The average molecular weight is 268 g/mol. The lowest BCUT2D eigenvalue weighted by atomic mass is 9.75. The van der Waals surface area contributed by atoms with Gasteiger partial charge >= 0.3 is 0 Å². The fourth-order valence-electron chi connectivity index (χ4n) is 2.91. The summed E-state index contributed by atoms with van der Waals surface area (Å²) < 4.78 is 5.38. The zero-order valence-corrected chi connectivity index (χ0v) is 12.2. The van der Waals surface area contributed by atoms with Crippen molar-refractivity contribution in [2.24, 2.45) is 0 Å². The molecule has 3 nitrogen and oxygen atoms in total. The summed E-state index contributed by atoms with van der Waals surface area (Å²) in [6.07, 6.45) is 3.75. The third-order valence-electron chi connectivity index (χ3n) is 4.07. The number of aromatic nitrogens is 1. The molecule has 1 unspecified atom stereocenters. The Kier molecular flexibility index (Phi) is 3.22. The summed E-state index contributed by atoms with van der Waals surface area (Å²) >= 11 is 0. The van der Waals surface area contributed by atoms with Gasteiger partial charge in [-0.3, -0.25) is 4.98 Å². The Balaban J connectivity index is 2.11. The molecule has 3 rings (SSSR count). The molecule has 1 aromatic heterocycles. The number of pyridine rings is 1. The quantitative estimate of drug-likeness (QED) is 0.909. The first-order chi connectivity index (χ1) is 9.62. The molecule has 1 aliphatic rings. The second-order valence-electron chi connectivity index (χ2n) is 5.94. The van der Waals surface area contributed by atoms with Crippen LogP contribution < -0.4 is 10.1 Å².